The lowest BCUT2D eigenvalue weighted by atomic mass is 9.87. The van der Waals surface area contributed by atoms with Crippen LogP contribution in [0.5, 0.6) is 0 Å². The number of nitrogens with two attached hydrogens (primary N) is 1. The molecular weight excluding hydrogens is 196 g/mol. The average molecular weight is 218 g/mol. The van der Waals surface area contributed by atoms with Gasteiger partial charge in [-0.3, -0.25) is 0 Å². The highest BCUT2D eigenvalue weighted by atomic mass is 14.9. The van der Waals surface area contributed by atoms with E-state index in [0.717, 1.165) is 17.3 Å². The summed E-state index contributed by atoms with van der Waals surface area (Å²) in [5, 5.41) is 3.60. The van der Waals surface area contributed by atoms with Crippen molar-refractivity contribution in [3.63, 3.8) is 0 Å². The second-order valence-electron chi connectivity index (χ2n) is 5.20. The Morgan fingerprint density at radius 3 is 2.88 bits per heavy atom. The molecule has 3 N–H and O–H groups in total. The van der Waals surface area contributed by atoms with Gasteiger partial charge in [0.1, 0.15) is 0 Å². The largest absolute Gasteiger partial charge is 0.397 e. The fourth-order valence-electron chi connectivity index (χ4n) is 2.58. The zero-order valence-electron chi connectivity index (χ0n) is 10.3. The van der Waals surface area contributed by atoms with Gasteiger partial charge in [-0.15, -0.1) is 0 Å². The molecule has 2 heteroatoms. The maximum atomic E-state index is 5.98. The molecule has 0 heterocycles. The molecule has 0 bridgehead atoms. The van der Waals surface area contributed by atoms with E-state index in [-0.39, 0.29) is 0 Å². The van der Waals surface area contributed by atoms with Crippen LogP contribution >= 0.6 is 0 Å². The molecule has 2 nitrogen and oxygen atoms in total. The van der Waals surface area contributed by atoms with Crippen LogP contribution in [0.15, 0.2) is 18.2 Å². The first-order chi connectivity index (χ1) is 7.65. The van der Waals surface area contributed by atoms with Crippen LogP contribution in [0.4, 0.5) is 11.4 Å². The quantitative estimate of drug-likeness (QED) is 0.745. The van der Waals surface area contributed by atoms with Crippen LogP contribution in [0.1, 0.15) is 38.2 Å². The normalized spacial score (nSPS) is 25.4. The van der Waals surface area contributed by atoms with E-state index in [1.807, 2.05) is 6.07 Å². The molecular formula is C14H22N2. The van der Waals surface area contributed by atoms with Crippen molar-refractivity contribution >= 4 is 11.4 Å². The van der Waals surface area contributed by atoms with Gasteiger partial charge in [-0.1, -0.05) is 25.8 Å². The maximum absolute atomic E-state index is 5.98. The molecule has 1 aromatic carbocycles. The van der Waals surface area contributed by atoms with Crippen LogP contribution in [0, 0.1) is 12.8 Å². The Morgan fingerprint density at radius 1 is 1.31 bits per heavy atom. The molecule has 1 aliphatic rings. The Kier molecular flexibility index (Phi) is 3.37. The Balaban J connectivity index is 2.05. The third-order valence-corrected chi connectivity index (χ3v) is 3.50. The number of nitrogens with one attached hydrogen (secondary N) is 1. The van der Waals surface area contributed by atoms with E-state index in [1.165, 1.54) is 31.2 Å². The standard InChI is InChI=1S/C14H22N2/c1-10-4-3-5-12(8-10)16-14-9-11(2)6-7-13(14)15/h6-7,9-10,12,16H,3-5,8,15H2,1-2H3. The summed E-state index contributed by atoms with van der Waals surface area (Å²) in [6.45, 7) is 4.45. The van der Waals surface area contributed by atoms with Crippen LogP contribution in [0.25, 0.3) is 0 Å². The summed E-state index contributed by atoms with van der Waals surface area (Å²) in [5.41, 5.74) is 9.22. The summed E-state index contributed by atoms with van der Waals surface area (Å²) in [6.07, 6.45) is 5.26. The second-order valence-corrected chi connectivity index (χ2v) is 5.20. The van der Waals surface area contributed by atoms with Crippen molar-refractivity contribution in [3.8, 4) is 0 Å². The lowest BCUT2D eigenvalue weighted by molar-refractivity contribution is 0.359. The zero-order chi connectivity index (χ0) is 11.5. The van der Waals surface area contributed by atoms with E-state index < -0.39 is 0 Å². The smallest absolute Gasteiger partial charge is 0.0578 e. The third kappa shape index (κ3) is 2.69. The van der Waals surface area contributed by atoms with Crippen LogP contribution < -0.4 is 11.1 Å². The van der Waals surface area contributed by atoms with E-state index in [2.05, 4.69) is 31.3 Å². The van der Waals surface area contributed by atoms with Crippen molar-refractivity contribution in [3.05, 3.63) is 23.8 Å². The summed E-state index contributed by atoms with van der Waals surface area (Å²) in [5.74, 6) is 0.845. The van der Waals surface area contributed by atoms with Crippen LogP contribution in [0.2, 0.25) is 0 Å². The molecule has 1 aliphatic carbocycles. The molecule has 0 aliphatic heterocycles. The highest BCUT2D eigenvalue weighted by Crippen LogP contribution is 2.28. The molecule has 1 aromatic rings. The number of nitrogen functional groups attached to an aromatic ring is 1. The summed E-state index contributed by atoms with van der Waals surface area (Å²) >= 11 is 0. The zero-order valence-corrected chi connectivity index (χ0v) is 10.3. The Labute approximate surface area is 98.2 Å². The molecule has 16 heavy (non-hydrogen) atoms. The van der Waals surface area contributed by atoms with E-state index in [4.69, 9.17) is 5.73 Å². The van der Waals surface area contributed by atoms with Gasteiger partial charge in [0.25, 0.3) is 0 Å². The first-order valence-electron chi connectivity index (χ1n) is 6.28. The lowest BCUT2D eigenvalue weighted by Gasteiger charge is -2.28. The Morgan fingerprint density at radius 2 is 2.12 bits per heavy atom. The van der Waals surface area contributed by atoms with Gasteiger partial charge < -0.3 is 11.1 Å². The van der Waals surface area contributed by atoms with Crippen molar-refractivity contribution in [1.82, 2.24) is 0 Å². The predicted molar refractivity (Wildman–Crippen MR) is 70.6 cm³/mol. The molecule has 1 fully saturated rings. The minimum atomic E-state index is 0.604. The number of rotatable bonds is 2. The summed E-state index contributed by atoms with van der Waals surface area (Å²) < 4.78 is 0. The molecule has 0 aromatic heterocycles. The number of anilines is 2. The summed E-state index contributed by atoms with van der Waals surface area (Å²) in [7, 11) is 0. The van der Waals surface area contributed by atoms with E-state index >= 15 is 0 Å². The highest BCUT2D eigenvalue weighted by molar-refractivity contribution is 5.67. The minimum absolute atomic E-state index is 0.604. The van der Waals surface area contributed by atoms with Crippen molar-refractivity contribution in [2.75, 3.05) is 11.1 Å². The van der Waals surface area contributed by atoms with E-state index in [0.29, 0.717) is 6.04 Å². The van der Waals surface area contributed by atoms with Crippen molar-refractivity contribution in [1.29, 1.82) is 0 Å². The maximum Gasteiger partial charge on any atom is 0.0578 e. The van der Waals surface area contributed by atoms with Gasteiger partial charge >= 0.3 is 0 Å². The van der Waals surface area contributed by atoms with E-state index in [1.54, 1.807) is 0 Å². The molecule has 88 valence electrons. The molecule has 0 amide bonds. The van der Waals surface area contributed by atoms with Gasteiger partial charge in [-0.05, 0) is 43.4 Å². The third-order valence-electron chi connectivity index (χ3n) is 3.50. The molecule has 1 saturated carbocycles. The van der Waals surface area contributed by atoms with Crippen LogP contribution in [-0.4, -0.2) is 6.04 Å². The van der Waals surface area contributed by atoms with Gasteiger partial charge in [-0.2, -0.15) is 0 Å². The van der Waals surface area contributed by atoms with Crippen molar-refractivity contribution in [2.45, 2.75) is 45.6 Å². The fourth-order valence-corrected chi connectivity index (χ4v) is 2.58. The average Bonchev–Trinajstić information content (AvgIpc) is 2.24. The van der Waals surface area contributed by atoms with Gasteiger partial charge in [0.15, 0.2) is 0 Å². The SMILES string of the molecule is Cc1ccc(N)c(NC2CCCC(C)C2)c1. The fraction of sp³-hybridized carbons (Fsp3) is 0.571. The molecule has 2 rings (SSSR count). The van der Waals surface area contributed by atoms with Crippen molar-refractivity contribution < 1.29 is 0 Å². The van der Waals surface area contributed by atoms with Crippen LogP contribution in [-0.2, 0) is 0 Å². The topological polar surface area (TPSA) is 38.0 Å². The Hall–Kier alpha value is -1.18. The second kappa shape index (κ2) is 4.77. The first kappa shape index (κ1) is 11.3. The molecule has 0 saturated heterocycles. The molecule has 2 unspecified atom stereocenters. The molecule has 0 radical (unpaired) electrons. The Bertz CT molecular complexity index is 360. The summed E-state index contributed by atoms with van der Waals surface area (Å²) in [4.78, 5) is 0. The summed E-state index contributed by atoms with van der Waals surface area (Å²) in [6, 6.07) is 6.80. The van der Waals surface area contributed by atoms with Crippen molar-refractivity contribution in [2.24, 2.45) is 5.92 Å². The molecule has 2 atom stereocenters. The number of aryl methyl sites for hydroxylation is 1. The lowest BCUT2D eigenvalue weighted by Crippen LogP contribution is -2.26. The first-order valence-corrected chi connectivity index (χ1v) is 6.28. The van der Waals surface area contributed by atoms with E-state index in [9.17, 15) is 0 Å². The van der Waals surface area contributed by atoms with Gasteiger partial charge in [0.2, 0.25) is 0 Å². The molecule has 0 spiro atoms. The predicted octanol–water partition coefficient (Wildman–Crippen LogP) is 3.57. The van der Waals surface area contributed by atoms with Crippen LogP contribution in [0.3, 0.4) is 0 Å². The number of hydrogen-bond acceptors (Lipinski definition) is 2. The monoisotopic (exact) mass is 218 g/mol. The van der Waals surface area contributed by atoms with Gasteiger partial charge in [0, 0.05) is 6.04 Å². The minimum Gasteiger partial charge on any atom is -0.397 e. The number of hydrogen-bond donors (Lipinski definition) is 2. The van der Waals surface area contributed by atoms with Gasteiger partial charge in [0.05, 0.1) is 11.4 Å². The highest BCUT2D eigenvalue weighted by Gasteiger charge is 2.18. The number of benzene rings is 1. The van der Waals surface area contributed by atoms with Gasteiger partial charge in [-0.25, -0.2) is 0 Å².